The van der Waals surface area contributed by atoms with E-state index in [1.165, 1.54) is 4.90 Å². The van der Waals surface area contributed by atoms with Gasteiger partial charge in [-0.25, -0.2) is 0 Å². The van der Waals surface area contributed by atoms with E-state index in [0.29, 0.717) is 0 Å². The fourth-order valence-corrected chi connectivity index (χ4v) is 1.50. The molecule has 0 aliphatic rings. The van der Waals surface area contributed by atoms with Gasteiger partial charge in [0, 0.05) is 4.90 Å². The molecule has 0 saturated carbocycles. The van der Waals surface area contributed by atoms with E-state index >= 15 is 0 Å². The molecule has 0 bridgehead atoms. The average Bonchev–Trinajstić information content (AvgIpc) is 2.05. The van der Waals surface area contributed by atoms with Crippen molar-refractivity contribution in [3.8, 4) is 0 Å². The lowest BCUT2D eigenvalue weighted by Crippen LogP contribution is -1.64. The first-order valence-electron chi connectivity index (χ1n) is 3.83. The topological polar surface area (TPSA) is 0 Å². The number of benzene rings is 1. The monoisotopic (exact) mass is 176 g/mol. The highest BCUT2D eigenvalue weighted by Gasteiger charge is 1.85. The Morgan fingerprint density at radius 3 is 2.58 bits per heavy atom. The molecule has 0 radical (unpaired) electrons. The summed E-state index contributed by atoms with van der Waals surface area (Å²) in [7, 11) is 0. The molecule has 0 fully saturated rings. The van der Waals surface area contributed by atoms with E-state index in [1.807, 2.05) is 31.2 Å². The lowest BCUT2D eigenvalue weighted by molar-refractivity contribution is 1.47. The highest BCUT2D eigenvalue weighted by atomic mass is 32.2. The summed E-state index contributed by atoms with van der Waals surface area (Å²) in [5, 5.41) is 2.05. The zero-order chi connectivity index (χ0) is 8.81. The molecule has 0 N–H and O–H groups in total. The molecule has 1 rings (SSSR count). The van der Waals surface area contributed by atoms with Gasteiger partial charge in [-0.3, -0.25) is 0 Å². The molecular weight excluding hydrogens is 164 g/mol. The van der Waals surface area contributed by atoms with Crippen molar-refractivity contribution in [1.82, 2.24) is 0 Å². The van der Waals surface area contributed by atoms with Crippen LogP contribution in [0.1, 0.15) is 6.92 Å². The summed E-state index contributed by atoms with van der Waals surface area (Å²) in [6.07, 6.45) is 2.01. The maximum absolute atomic E-state index is 3.79. The lowest BCUT2D eigenvalue weighted by Gasteiger charge is -1.93. The predicted molar refractivity (Wildman–Crippen MR) is 56.3 cm³/mol. The Balaban J connectivity index is 2.49. The molecule has 0 aliphatic heterocycles. The maximum Gasteiger partial charge on any atom is 0.0116 e. The van der Waals surface area contributed by atoms with Crippen LogP contribution in [0.25, 0.3) is 0 Å². The minimum absolute atomic E-state index is 1.08. The third-order valence-electron chi connectivity index (χ3n) is 1.30. The Morgan fingerprint density at radius 2 is 2.00 bits per heavy atom. The fraction of sp³-hybridized carbons (Fsp3) is 0.0909. The number of hydrogen-bond acceptors (Lipinski definition) is 1. The van der Waals surface area contributed by atoms with Crippen LogP contribution in [0.15, 0.2) is 58.9 Å². The van der Waals surface area contributed by atoms with E-state index in [4.69, 9.17) is 0 Å². The molecule has 0 unspecified atom stereocenters. The zero-order valence-electron chi connectivity index (χ0n) is 7.16. The summed E-state index contributed by atoms with van der Waals surface area (Å²) in [5.74, 6) is 0. The van der Waals surface area contributed by atoms with Gasteiger partial charge >= 0.3 is 0 Å². The van der Waals surface area contributed by atoms with Crippen molar-refractivity contribution in [2.24, 2.45) is 0 Å². The minimum Gasteiger partial charge on any atom is -0.0981 e. The molecule has 0 aromatic heterocycles. The van der Waals surface area contributed by atoms with Crippen LogP contribution in [-0.4, -0.2) is 0 Å². The first-order valence-corrected chi connectivity index (χ1v) is 4.71. The van der Waals surface area contributed by atoms with E-state index in [9.17, 15) is 0 Å². The predicted octanol–water partition coefficient (Wildman–Crippen LogP) is 3.87. The van der Waals surface area contributed by atoms with Gasteiger partial charge in [-0.05, 0) is 24.5 Å². The molecule has 0 amide bonds. The van der Waals surface area contributed by atoms with E-state index in [0.717, 1.165) is 5.57 Å². The maximum atomic E-state index is 3.79. The van der Waals surface area contributed by atoms with Crippen molar-refractivity contribution in [1.29, 1.82) is 0 Å². The first-order chi connectivity index (χ1) is 5.79. The number of rotatable bonds is 3. The van der Waals surface area contributed by atoms with Crippen LogP contribution in [0.3, 0.4) is 0 Å². The second-order valence-corrected chi connectivity index (χ2v) is 3.56. The van der Waals surface area contributed by atoms with Gasteiger partial charge < -0.3 is 0 Å². The second-order valence-electron chi connectivity index (χ2n) is 2.58. The molecule has 0 aliphatic carbocycles. The van der Waals surface area contributed by atoms with Gasteiger partial charge in [0.1, 0.15) is 0 Å². The van der Waals surface area contributed by atoms with Gasteiger partial charge in [-0.15, -0.1) is 0 Å². The van der Waals surface area contributed by atoms with Gasteiger partial charge in [0.2, 0.25) is 0 Å². The largest absolute Gasteiger partial charge is 0.0981 e. The highest BCUT2D eigenvalue weighted by molar-refractivity contribution is 8.02. The van der Waals surface area contributed by atoms with Gasteiger partial charge in [0.15, 0.2) is 0 Å². The van der Waals surface area contributed by atoms with E-state index in [-0.39, 0.29) is 0 Å². The molecule has 1 heteroatoms. The van der Waals surface area contributed by atoms with Crippen molar-refractivity contribution in [3.63, 3.8) is 0 Å². The Bertz CT molecular complexity index is 272. The van der Waals surface area contributed by atoms with Crippen molar-refractivity contribution >= 4 is 11.8 Å². The summed E-state index contributed by atoms with van der Waals surface area (Å²) < 4.78 is 0. The third-order valence-corrected chi connectivity index (χ3v) is 2.12. The molecule has 0 spiro atoms. The van der Waals surface area contributed by atoms with Crippen LogP contribution in [0.2, 0.25) is 0 Å². The third kappa shape index (κ3) is 3.44. The first kappa shape index (κ1) is 9.14. The Hall–Kier alpha value is -0.950. The molecule has 62 valence electrons. The van der Waals surface area contributed by atoms with Crippen LogP contribution in [0.5, 0.6) is 0 Å². The SMILES string of the molecule is C=C(C)/C=C/Sc1ccccc1. The van der Waals surface area contributed by atoms with Crippen LogP contribution in [0.4, 0.5) is 0 Å². The van der Waals surface area contributed by atoms with Crippen molar-refractivity contribution in [2.75, 3.05) is 0 Å². The van der Waals surface area contributed by atoms with Gasteiger partial charge in [0.05, 0.1) is 0 Å². The Labute approximate surface area is 78.0 Å². The molecule has 1 aromatic rings. The molecule has 0 atom stereocenters. The van der Waals surface area contributed by atoms with E-state index in [2.05, 4.69) is 24.1 Å². The summed E-state index contributed by atoms with van der Waals surface area (Å²) in [5.41, 5.74) is 1.08. The van der Waals surface area contributed by atoms with E-state index in [1.54, 1.807) is 11.8 Å². The van der Waals surface area contributed by atoms with E-state index < -0.39 is 0 Å². The van der Waals surface area contributed by atoms with Gasteiger partial charge in [-0.2, -0.15) is 0 Å². The number of allylic oxidation sites excluding steroid dienone is 2. The quantitative estimate of drug-likeness (QED) is 0.497. The lowest BCUT2D eigenvalue weighted by atomic mass is 10.4. The van der Waals surface area contributed by atoms with Crippen LogP contribution < -0.4 is 0 Å². The second kappa shape index (κ2) is 4.83. The molecule has 0 heterocycles. The average molecular weight is 176 g/mol. The molecule has 0 nitrogen and oxygen atoms in total. The van der Waals surface area contributed by atoms with Gasteiger partial charge in [-0.1, -0.05) is 48.2 Å². The standard InChI is InChI=1S/C11H12S/c1-10(2)8-9-12-11-6-4-3-5-7-11/h3-9H,1H2,2H3/b9-8+. The smallest absolute Gasteiger partial charge is 0.0116 e. The van der Waals surface area contributed by atoms with Crippen LogP contribution in [0, 0.1) is 0 Å². The molecular formula is C11H12S. The molecule has 12 heavy (non-hydrogen) atoms. The fourth-order valence-electron chi connectivity index (χ4n) is 0.728. The zero-order valence-corrected chi connectivity index (χ0v) is 7.97. The van der Waals surface area contributed by atoms with Crippen LogP contribution in [-0.2, 0) is 0 Å². The summed E-state index contributed by atoms with van der Waals surface area (Å²) in [6.45, 7) is 5.77. The minimum atomic E-state index is 1.08. The summed E-state index contributed by atoms with van der Waals surface area (Å²) >= 11 is 1.71. The van der Waals surface area contributed by atoms with Crippen molar-refractivity contribution in [2.45, 2.75) is 11.8 Å². The number of hydrogen-bond donors (Lipinski definition) is 0. The molecule has 0 saturated heterocycles. The van der Waals surface area contributed by atoms with Gasteiger partial charge in [0.25, 0.3) is 0 Å². The van der Waals surface area contributed by atoms with Crippen molar-refractivity contribution in [3.05, 3.63) is 54.0 Å². The normalized spacial score (nSPS) is 10.4. The summed E-state index contributed by atoms with van der Waals surface area (Å²) in [6, 6.07) is 10.3. The van der Waals surface area contributed by atoms with Crippen molar-refractivity contribution < 1.29 is 0 Å². The number of thioether (sulfide) groups is 1. The Kier molecular flexibility index (Phi) is 3.68. The Morgan fingerprint density at radius 1 is 1.33 bits per heavy atom. The van der Waals surface area contributed by atoms with Crippen LogP contribution >= 0.6 is 11.8 Å². The molecule has 1 aromatic carbocycles. The summed E-state index contributed by atoms with van der Waals surface area (Å²) in [4.78, 5) is 1.26. The highest BCUT2D eigenvalue weighted by Crippen LogP contribution is 2.18.